The minimum absolute atomic E-state index is 0.0869. The van der Waals surface area contributed by atoms with Crippen molar-refractivity contribution < 1.29 is 18.7 Å². The second-order valence-corrected chi connectivity index (χ2v) is 4.10. The van der Waals surface area contributed by atoms with Gasteiger partial charge in [-0.3, -0.25) is 0 Å². The summed E-state index contributed by atoms with van der Waals surface area (Å²) in [4.78, 5) is 12.0. The molecule has 2 N–H and O–H groups in total. The fraction of sp³-hybridized carbons (Fsp3) is 0.133. The maximum absolute atomic E-state index is 13.5. The molecule has 0 aliphatic carbocycles. The van der Waals surface area contributed by atoms with Gasteiger partial charge in [-0.2, -0.15) is 0 Å². The lowest BCUT2D eigenvalue weighted by atomic mass is 10.2. The van der Waals surface area contributed by atoms with E-state index in [0.29, 0.717) is 17.2 Å². The summed E-state index contributed by atoms with van der Waals surface area (Å²) in [6, 6.07) is 10.4. The number of benzene rings is 2. The number of amides is 2. The van der Waals surface area contributed by atoms with Crippen LogP contribution >= 0.6 is 0 Å². The van der Waals surface area contributed by atoms with Gasteiger partial charge in [0.2, 0.25) is 0 Å². The summed E-state index contributed by atoms with van der Waals surface area (Å²) in [7, 11) is 2.96. The van der Waals surface area contributed by atoms with Crippen molar-refractivity contribution >= 4 is 17.4 Å². The molecule has 0 atom stereocenters. The number of hydrogen-bond acceptors (Lipinski definition) is 3. The molecule has 2 rings (SSSR count). The van der Waals surface area contributed by atoms with Gasteiger partial charge in [0.1, 0.15) is 23.0 Å². The Balaban J connectivity index is 2.18. The van der Waals surface area contributed by atoms with Crippen LogP contribution in [0.15, 0.2) is 42.5 Å². The van der Waals surface area contributed by atoms with Gasteiger partial charge in [-0.15, -0.1) is 0 Å². The van der Waals surface area contributed by atoms with Crippen LogP contribution in [0.4, 0.5) is 20.6 Å². The Morgan fingerprint density at radius 1 is 0.952 bits per heavy atom. The van der Waals surface area contributed by atoms with Gasteiger partial charge in [0.05, 0.1) is 19.9 Å². The molecule has 2 amide bonds. The van der Waals surface area contributed by atoms with Crippen LogP contribution in [0.5, 0.6) is 11.5 Å². The van der Waals surface area contributed by atoms with E-state index in [1.54, 1.807) is 30.3 Å². The first-order chi connectivity index (χ1) is 10.2. The molecule has 2 aromatic rings. The SMILES string of the molecule is COc1cccc(OC)c1NC(=O)Nc1ccccc1F. The number of carbonyl (C=O) groups excluding carboxylic acids is 1. The predicted octanol–water partition coefficient (Wildman–Crippen LogP) is 3.49. The molecule has 0 unspecified atom stereocenters. The summed E-state index contributed by atoms with van der Waals surface area (Å²) in [5, 5.41) is 5.02. The van der Waals surface area contributed by atoms with Crippen molar-refractivity contribution in [1.82, 2.24) is 0 Å². The molecule has 2 aromatic carbocycles. The summed E-state index contributed by atoms with van der Waals surface area (Å²) < 4.78 is 23.8. The minimum atomic E-state index is -0.595. The first kappa shape index (κ1) is 14.6. The van der Waals surface area contributed by atoms with Crippen LogP contribution in [-0.2, 0) is 0 Å². The van der Waals surface area contributed by atoms with Crippen molar-refractivity contribution in [2.45, 2.75) is 0 Å². The Labute approximate surface area is 121 Å². The van der Waals surface area contributed by atoms with Crippen molar-refractivity contribution in [1.29, 1.82) is 0 Å². The largest absolute Gasteiger partial charge is 0.494 e. The highest BCUT2D eigenvalue weighted by Crippen LogP contribution is 2.34. The molecule has 6 heteroatoms. The third kappa shape index (κ3) is 3.42. The number of methoxy groups -OCH3 is 2. The lowest BCUT2D eigenvalue weighted by Crippen LogP contribution is -2.20. The van der Waals surface area contributed by atoms with Gasteiger partial charge >= 0.3 is 6.03 Å². The summed E-state index contributed by atoms with van der Waals surface area (Å²) in [6.07, 6.45) is 0. The fourth-order valence-corrected chi connectivity index (χ4v) is 1.80. The van der Waals surface area contributed by atoms with Gasteiger partial charge in [-0.25, -0.2) is 9.18 Å². The summed E-state index contributed by atoms with van der Waals surface area (Å²) in [6.45, 7) is 0. The van der Waals surface area contributed by atoms with Gasteiger partial charge in [0, 0.05) is 0 Å². The molecule has 110 valence electrons. The number of carbonyl (C=O) groups is 1. The molecule has 0 aliphatic rings. The van der Waals surface area contributed by atoms with Crippen LogP contribution in [0.25, 0.3) is 0 Å². The quantitative estimate of drug-likeness (QED) is 0.906. The molecule has 0 saturated heterocycles. The Morgan fingerprint density at radius 2 is 1.57 bits per heavy atom. The zero-order chi connectivity index (χ0) is 15.2. The van der Waals surface area contributed by atoms with Gasteiger partial charge in [0.25, 0.3) is 0 Å². The van der Waals surface area contributed by atoms with Crippen LogP contribution in [0.2, 0.25) is 0 Å². The Bertz CT molecular complexity index is 624. The number of nitrogens with one attached hydrogen (secondary N) is 2. The van der Waals surface area contributed by atoms with E-state index in [2.05, 4.69) is 10.6 Å². The number of para-hydroxylation sites is 2. The van der Waals surface area contributed by atoms with E-state index in [1.165, 1.54) is 26.4 Å². The number of halogens is 1. The lowest BCUT2D eigenvalue weighted by Gasteiger charge is -2.14. The first-order valence-electron chi connectivity index (χ1n) is 6.19. The topological polar surface area (TPSA) is 59.6 Å². The summed E-state index contributed by atoms with van der Waals surface area (Å²) in [5.41, 5.74) is 0.459. The van der Waals surface area contributed by atoms with Gasteiger partial charge in [-0.05, 0) is 24.3 Å². The molecular weight excluding hydrogens is 275 g/mol. The number of hydrogen-bond donors (Lipinski definition) is 2. The third-order valence-corrected chi connectivity index (χ3v) is 2.79. The number of rotatable bonds is 4. The summed E-state index contributed by atoms with van der Waals surface area (Å²) in [5.74, 6) is 0.371. The molecule has 21 heavy (non-hydrogen) atoms. The molecular formula is C15H15FN2O3. The van der Waals surface area contributed by atoms with Crippen molar-refractivity contribution in [3.05, 3.63) is 48.3 Å². The third-order valence-electron chi connectivity index (χ3n) is 2.79. The average Bonchev–Trinajstić information content (AvgIpc) is 2.49. The van der Waals surface area contributed by atoms with Gasteiger partial charge in [0.15, 0.2) is 0 Å². The van der Waals surface area contributed by atoms with E-state index in [1.807, 2.05) is 0 Å². The lowest BCUT2D eigenvalue weighted by molar-refractivity contribution is 0.261. The molecule has 0 radical (unpaired) electrons. The maximum Gasteiger partial charge on any atom is 0.323 e. The highest BCUT2D eigenvalue weighted by atomic mass is 19.1. The fourth-order valence-electron chi connectivity index (χ4n) is 1.80. The second-order valence-electron chi connectivity index (χ2n) is 4.10. The minimum Gasteiger partial charge on any atom is -0.494 e. The summed E-state index contributed by atoms with van der Waals surface area (Å²) >= 11 is 0. The predicted molar refractivity (Wildman–Crippen MR) is 78.6 cm³/mol. The standard InChI is InChI=1S/C15H15FN2O3/c1-20-12-8-5-9-13(21-2)14(12)18-15(19)17-11-7-4-3-6-10(11)16/h3-9H,1-2H3,(H2,17,18,19). The molecule has 0 heterocycles. The smallest absolute Gasteiger partial charge is 0.323 e. The van der Waals surface area contributed by atoms with Crippen LogP contribution in [0.1, 0.15) is 0 Å². The number of ether oxygens (including phenoxy) is 2. The van der Waals surface area contributed by atoms with Crippen molar-refractivity contribution in [2.75, 3.05) is 24.9 Å². The first-order valence-corrected chi connectivity index (χ1v) is 6.19. The highest BCUT2D eigenvalue weighted by Gasteiger charge is 2.13. The van der Waals surface area contributed by atoms with Gasteiger partial charge < -0.3 is 20.1 Å². The Kier molecular flexibility index (Phi) is 4.61. The number of urea groups is 1. The van der Waals surface area contributed by atoms with Gasteiger partial charge in [-0.1, -0.05) is 18.2 Å². The zero-order valence-corrected chi connectivity index (χ0v) is 11.6. The molecule has 0 spiro atoms. The van der Waals surface area contributed by atoms with Crippen molar-refractivity contribution in [3.63, 3.8) is 0 Å². The molecule has 0 aromatic heterocycles. The van der Waals surface area contributed by atoms with Crippen LogP contribution in [0, 0.1) is 5.82 Å². The van der Waals surface area contributed by atoms with Crippen LogP contribution in [-0.4, -0.2) is 20.3 Å². The Morgan fingerprint density at radius 3 is 2.14 bits per heavy atom. The average molecular weight is 290 g/mol. The van der Waals surface area contributed by atoms with E-state index >= 15 is 0 Å². The van der Waals surface area contributed by atoms with E-state index in [0.717, 1.165) is 0 Å². The van der Waals surface area contributed by atoms with Crippen LogP contribution in [0.3, 0.4) is 0 Å². The molecule has 0 bridgehead atoms. The maximum atomic E-state index is 13.5. The molecule has 0 saturated carbocycles. The zero-order valence-electron chi connectivity index (χ0n) is 11.6. The van der Waals surface area contributed by atoms with E-state index in [4.69, 9.17) is 9.47 Å². The second kappa shape index (κ2) is 6.60. The van der Waals surface area contributed by atoms with E-state index < -0.39 is 11.8 Å². The van der Waals surface area contributed by atoms with E-state index in [-0.39, 0.29) is 5.69 Å². The molecule has 5 nitrogen and oxygen atoms in total. The van der Waals surface area contributed by atoms with Crippen LogP contribution < -0.4 is 20.1 Å². The molecule has 0 aliphatic heterocycles. The Hall–Kier alpha value is -2.76. The van der Waals surface area contributed by atoms with Crippen molar-refractivity contribution in [2.24, 2.45) is 0 Å². The number of anilines is 2. The van der Waals surface area contributed by atoms with Crippen molar-refractivity contribution in [3.8, 4) is 11.5 Å². The normalized spacial score (nSPS) is 9.86. The highest BCUT2D eigenvalue weighted by molar-refractivity contribution is 6.01. The van der Waals surface area contributed by atoms with E-state index in [9.17, 15) is 9.18 Å². The molecule has 0 fully saturated rings. The monoisotopic (exact) mass is 290 g/mol.